The molecule has 0 saturated heterocycles. The number of sulfone groups is 1. The van der Waals surface area contributed by atoms with E-state index in [-0.39, 0.29) is 11.8 Å². The fourth-order valence-electron chi connectivity index (χ4n) is 2.77. The van der Waals surface area contributed by atoms with Crippen LogP contribution in [-0.2, 0) is 16.3 Å². The molecule has 1 aliphatic carbocycles. The maximum atomic E-state index is 11.6. The minimum atomic E-state index is -3.20. The Kier molecular flexibility index (Phi) is 3.37. The molecule has 0 fully saturated rings. The molecule has 21 heavy (non-hydrogen) atoms. The molecule has 0 bridgehead atoms. The second-order valence-corrected chi connectivity index (χ2v) is 7.43. The summed E-state index contributed by atoms with van der Waals surface area (Å²) in [4.78, 5) is 0.316. The second kappa shape index (κ2) is 5.07. The van der Waals surface area contributed by atoms with Crippen LogP contribution in [0.25, 0.3) is 0 Å². The minimum absolute atomic E-state index is 0.149. The van der Waals surface area contributed by atoms with Crippen molar-refractivity contribution in [1.29, 1.82) is 0 Å². The quantitative estimate of drug-likeness (QED) is 0.915. The minimum Gasteiger partial charge on any atom is -0.508 e. The summed E-state index contributed by atoms with van der Waals surface area (Å²) in [6, 6.07) is 12.4. The number of aromatic hydroxyl groups is 1. The highest BCUT2D eigenvalue weighted by molar-refractivity contribution is 7.90. The van der Waals surface area contributed by atoms with Crippen molar-refractivity contribution in [3.63, 3.8) is 0 Å². The maximum absolute atomic E-state index is 11.6. The van der Waals surface area contributed by atoms with Crippen LogP contribution in [0, 0.1) is 0 Å². The molecular weight excluding hydrogens is 286 g/mol. The van der Waals surface area contributed by atoms with Crippen LogP contribution in [0.2, 0.25) is 0 Å². The molecule has 0 radical (unpaired) electrons. The van der Waals surface area contributed by atoms with Crippen LogP contribution in [0.5, 0.6) is 5.75 Å². The van der Waals surface area contributed by atoms with E-state index in [1.807, 2.05) is 12.1 Å². The van der Waals surface area contributed by atoms with E-state index in [0.717, 1.165) is 29.7 Å². The molecule has 0 aromatic heterocycles. The van der Waals surface area contributed by atoms with Crippen molar-refractivity contribution in [3.8, 4) is 5.75 Å². The first-order valence-corrected chi connectivity index (χ1v) is 8.71. The molecule has 3 rings (SSSR count). The average Bonchev–Trinajstić information content (AvgIpc) is 2.80. The van der Waals surface area contributed by atoms with Gasteiger partial charge in [0.2, 0.25) is 0 Å². The molecule has 0 amide bonds. The Labute approximate surface area is 124 Å². The van der Waals surface area contributed by atoms with Gasteiger partial charge >= 0.3 is 0 Å². The van der Waals surface area contributed by atoms with Gasteiger partial charge in [0.05, 0.1) is 10.9 Å². The van der Waals surface area contributed by atoms with Crippen molar-refractivity contribution >= 4 is 15.5 Å². The summed E-state index contributed by atoms with van der Waals surface area (Å²) in [5.74, 6) is 0.286. The Morgan fingerprint density at radius 1 is 1.19 bits per heavy atom. The molecule has 0 aliphatic heterocycles. The number of aryl methyl sites for hydroxylation is 1. The number of nitrogens with one attached hydrogen (secondary N) is 1. The number of benzene rings is 2. The SMILES string of the molecule is CS(=O)(=O)c1cccc(NC2CCc3cc(O)ccc32)c1. The van der Waals surface area contributed by atoms with E-state index in [9.17, 15) is 13.5 Å². The van der Waals surface area contributed by atoms with Gasteiger partial charge in [-0.2, -0.15) is 0 Å². The fourth-order valence-corrected chi connectivity index (χ4v) is 3.44. The Hall–Kier alpha value is -2.01. The molecule has 2 aromatic carbocycles. The Morgan fingerprint density at radius 2 is 2.00 bits per heavy atom. The molecular formula is C16H17NO3S. The fraction of sp³-hybridized carbons (Fsp3) is 0.250. The molecule has 0 heterocycles. The molecule has 1 atom stereocenters. The van der Waals surface area contributed by atoms with Crippen LogP contribution in [0.4, 0.5) is 5.69 Å². The molecule has 0 saturated carbocycles. The molecule has 1 aliphatic rings. The zero-order valence-electron chi connectivity index (χ0n) is 11.7. The largest absolute Gasteiger partial charge is 0.508 e. The molecule has 4 nitrogen and oxygen atoms in total. The standard InChI is InChI=1S/C16H17NO3S/c1-21(19,20)14-4-2-3-12(10-14)17-16-8-5-11-9-13(18)6-7-15(11)16/h2-4,6-7,9-10,16-18H,5,8H2,1H3. The predicted molar refractivity (Wildman–Crippen MR) is 82.3 cm³/mol. The first-order chi connectivity index (χ1) is 9.93. The Bertz CT molecular complexity index is 784. The number of fused-ring (bicyclic) bond motifs is 1. The van der Waals surface area contributed by atoms with E-state index in [1.165, 1.54) is 6.26 Å². The predicted octanol–water partition coefficient (Wildman–Crippen LogP) is 2.90. The lowest BCUT2D eigenvalue weighted by Gasteiger charge is -2.16. The topological polar surface area (TPSA) is 66.4 Å². The molecule has 0 spiro atoms. The van der Waals surface area contributed by atoms with Crippen LogP contribution >= 0.6 is 0 Å². The van der Waals surface area contributed by atoms with Crippen molar-refractivity contribution in [2.75, 3.05) is 11.6 Å². The van der Waals surface area contributed by atoms with E-state index in [0.29, 0.717) is 4.90 Å². The van der Waals surface area contributed by atoms with Crippen LogP contribution in [-0.4, -0.2) is 19.8 Å². The van der Waals surface area contributed by atoms with Crippen LogP contribution < -0.4 is 5.32 Å². The number of anilines is 1. The van der Waals surface area contributed by atoms with Gasteiger partial charge in [0, 0.05) is 11.9 Å². The molecule has 110 valence electrons. The highest BCUT2D eigenvalue weighted by atomic mass is 32.2. The van der Waals surface area contributed by atoms with Gasteiger partial charge in [-0.15, -0.1) is 0 Å². The molecule has 2 aromatic rings. The number of rotatable bonds is 3. The summed E-state index contributed by atoms with van der Waals surface area (Å²) in [7, 11) is -3.20. The molecule has 2 N–H and O–H groups in total. The normalized spacial score (nSPS) is 17.5. The van der Waals surface area contributed by atoms with Gasteiger partial charge < -0.3 is 10.4 Å². The van der Waals surface area contributed by atoms with Gasteiger partial charge in [-0.25, -0.2) is 8.42 Å². The van der Waals surface area contributed by atoms with Gasteiger partial charge in [0.15, 0.2) is 9.84 Å². The number of hydrogen-bond acceptors (Lipinski definition) is 4. The van der Waals surface area contributed by atoms with E-state index in [2.05, 4.69) is 5.32 Å². The third kappa shape index (κ3) is 2.88. The summed E-state index contributed by atoms with van der Waals surface area (Å²) in [6.07, 6.45) is 3.05. The molecule has 5 heteroatoms. The van der Waals surface area contributed by atoms with Crippen LogP contribution in [0.15, 0.2) is 47.4 Å². The highest BCUT2D eigenvalue weighted by Gasteiger charge is 2.22. The third-order valence-electron chi connectivity index (χ3n) is 3.81. The smallest absolute Gasteiger partial charge is 0.175 e. The van der Waals surface area contributed by atoms with Crippen LogP contribution in [0.1, 0.15) is 23.6 Å². The highest BCUT2D eigenvalue weighted by Crippen LogP contribution is 2.35. The Balaban J connectivity index is 1.87. The van der Waals surface area contributed by atoms with E-state index < -0.39 is 9.84 Å². The first kappa shape index (κ1) is 13.9. The average molecular weight is 303 g/mol. The van der Waals surface area contributed by atoms with Gasteiger partial charge in [-0.1, -0.05) is 12.1 Å². The number of hydrogen-bond donors (Lipinski definition) is 2. The molecule has 1 unspecified atom stereocenters. The van der Waals surface area contributed by atoms with Crippen molar-refractivity contribution < 1.29 is 13.5 Å². The summed E-state index contributed by atoms with van der Waals surface area (Å²) >= 11 is 0. The van der Waals surface area contributed by atoms with Crippen molar-refractivity contribution in [2.45, 2.75) is 23.8 Å². The Morgan fingerprint density at radius 3 is 2.76 bits per heavy atom. The lowest BCUT2D eigenvalue weighted by Crippen LogP contribution is -2.07. The van der Waals surface area contributed by atoms with Gasteiger partial charge in [0.1, 0.15) is 5.75 Å². The van der Waals surface area contributed by atoms with Crippen molar-refractivity contribution in [3.05, 3.63) is 53.6 Å². The zero-order chi connectivity index (χ0) is 15.0. The number of phenols is 1. The van der Waals surface area contributed by atoms with E-state index >= 15 is 0 Å². The summed E-state index contributed by atoms with van der Waals surface area (Å²) in [5.41, 5.74) is 3.10. The maximum Gasteiger partial charge on any atom is 0.175 e. The van der Waals surface area contributed by atoms with Crippen LogP contribution in [0.3, 0.4) is 0 Å². The lowest BCUT2D eigenvalue weighted by molar-refractivity contribution is 0.474. The van der Waals surface area contributed by atoms with Gasteiger partial charge in [-0.05, 0) is 54.3 Å². The first-order valence-electron chi connectivity index (χ1n) is 6.82. The third-order valence-corrected chi connectivity index (χ3v) is 4.92. The summed E-state index contributed by atoms with van der Waals surface area (Å²) < 4.78 is 23.2. The summed E-state index contributed by atoms with van der Waals surface area (Å²) in [5, 5.41) is 12.9. The lowest BCUT2D eigenvalue weighted by atomic mass is 10.1. The second-order valence-electron chi connectivity index (χ2n) is 5.42. The van der Waals surface area contributed by atoms with Gasteiger partial charge in [0.25, 0.3) is 0 Å². The van der Waals surface area contributed by atoms with Crippen molar-refractivity contribution in [1.82, 2.24) is 0 Å². The monoisotopic (exact) mass is 303 g/mol. The zero-order valence-corrected chi connectivity index (χ0v) is 12.5. The number of phenolic OH excluding ortho intramolecular Hbond substituents is 1. The summed E-state index contributed by atoms with van der Waals surface area (Å²) in [6.45, 7) is 0. The van der Waals surface area contributed by atoms with E-state index in [1.54, 1.807) is 30.3 Å². The van der Waals surface area contributed by atoms with Gasteiger partial charge in [-0.3, -0.25) is 0 Å². The van der Waals surface area contributed by atoms with E-state index in [4.69, 9.17) is 0 Å². The van der Waals surface area contributed by atoms with Crippen molar-refractivity contribution in [2.24, 2.45) is 0 Å².